The van der Waals surface area contributed by atoms with E-state index in [1.165, 1.54) is 12.1 Å². The summed E-state index contributed by atoms with van der Waals surface area (Å²) < 4.78 is 4.78. The van der Waals surface area contributed by atoms with Crippen LogP contribution in [-0.4, -0.2) is 30.0 Å². The SMILES string of the molecule is CC(C)CNC(=O)COC(=O)c1cc([N+](=O)[O-])ccc1N. The van der Waals surface area contributed by atoms with E-state index in [1.54, 1.807) is 0 Å². The third-order valence-electron chi connectivity index (χ3n) is 2.51. The van der Waals surface area contributed by atoms with Gasteiger partial charge in [0.05, 0.1) is 10.5 Å². The van der Waals surface area contributed by atoms with Gasteiger partial charge in [0.2, 0.25) is 0 Å². The van der Waals surface area contributed by atoms with E-state index in [0.717, 1.165) is 6.07 Å². The number of nitrogens with zero attached hydrogens (tertiary/aromatic N) is 1. The zero-order valence-electron chi connectivity index (χ0n) is 11.8. The van der Waals surface area contributed by atoms with Crippen LogP contribution in [0.25, 0.3) is 0 Å². The number of rotatable bonds is 6. The first-order valence-corrected chi connectivity index (χ1v) is 6.29. The van der Waals surface area contributed by atoms with Crippen LogP contribution in [0.5, 0.6) is 0 Å². The van der Waals surface area contributed by atoms with Gasteiger partial charge in [-0.05, 0) is 12.0 Å². The van der Waals surface area contributed by atoms with Crippen LogP contribution in [0.3, 0.4) is 0 Å². The smallest absolute Gasteiger partial charge is 0.341 e. The van der Waals surface area contributed by atoms with Crippen molar-refractivity contribution >= 4 is 23.3 Å². The predicted octanol–water partition coefficient (Wildman–Crippen LogP) is 1.11. The van der Waals surface area contributed by atoms with Gasteiger partial charge in [0.15, 0.2) is 6.61 Å². The van der Waals surface area contributed by atoms with Crippen LogP contribution in [0.1, 0.15) is 24.2 Å². The molecule has 0 aliphatic heterocycles. The number of carbonyl (C=O) groups is 2. The van der Waals surface area contributed by atoms with Gasteiger partial charge in [-0.3, -0.25) is 14.9 Å². The largest absolute Gasteiger partial charge is 0.452 e. The molecule has 114 valence electrons. The standard InChI is InChI=1S/C13H17N3O5/c1-8(2)6-15-12(17)7-21-13(18)10-5-9(16(19)20)3-4-11(10)14/h3-5,8H,6-7,14H2,1-2H3,(H,15,17). The number of hydrogen-bond acceptors (Lipinski definition) is 6. The van der Waals surface area contributed by atoms with Gasteiger partial charge in [0.25, 0.3) is 11.6 Å². The van der Waals surface area contributed by atoms with Gasteiger partial charge >= 0.3 is 5.97 Å². The zero-order valence-corrected chi connectivity index (χ0v) is 11.8. The number of carbonyl (C=O) groups excluding carboxylic acids is 2. The Morgan fingerprint density at radius 2 is 2.10 bits per heavy atom. The third-order valence-corrected chi connectivity index (χ3v) is 2.51. The number of esters is 1. The molecule has 0 saturated heterocycles. The van der Waals surface area contributed by atoms with E-state index in [1.807, 2.05) is 13.8 Å². The summed E-state index contributed by atoms with van der Waals surface area (Å²) in [6.45, 7) is 3.86. The number of nitro benzene ring substituents is 1. The molecule has 1 rings (SSSR count). The summed E-state index contributed by atoms with van der Waals surface area (Å²) in [4.78, 5) is 33.2. The Morgan fingerprint density at radius 3 is 2.67 bits per heavy atom. The van der Waals surface area contributed by atoms with E-state index >= 15 is 0 Å². The molecule has 1 aromatic carbocycles. The molecule has 0 spiro atoms. The minimum atomic E-state index is -0.879. The first kappa shape index (κ1) is 16.4. The van der Waals surface area contributed by atoms with Crippen molar-refractivity contribution in [1.29, 1.82) is 0 Å². The Hall–Kier alpha value is -2.64. The highest BCUT2D eigenvalue weighted by Gasteiger charge is 2.17. The molecule has 0 heterocycles. The number of amides is 1. The van der Waals surface area contributed by atoms with Crippen LogP contribution < -0.4 is 11.1 Å². The lowest BCUT2D eigenvalue weighted by Gasteiger charge is -2.09. The average Bonchev–Trinajstić information content (AvgIpc) is 2.42. The van der Waals surface area contributed by atoms with Crippen molar-refractivity contribution in [3.05, 3.63) is 33.9 Å². The Morgan fingerprint density at radius 1 is 1.43 bits per heavy atom. The van der Waals surface area contributed by atoms with E-state index in [4.69, 9.17) is 10.5 Å². The van der Waals surface area contributed by atoms with E-state index in [2.05, 4.69) is 5.32 Å². The number of benzene rings is 1. The number of nitrogens with one attached hydrogen (secondary N) is 1. The number of nitrogens with two attached hydrogens (primary N) is 1. The lowest BCUT2D eigenvalue weighted by atomic mass is 10.1. The fraction of sp³-hybridized carbons (Fsp3) is 0.385. The highest BCUT2D eigenvalue weighted by atomic mass is 16.6. The number of non-ortho nitro benzene ring substituents is 1. The Balaban J connectivity index is 2.65. The molecular formula is C13H17N3O5. The lowest BCUT2D eigenvalue weighted by molar-refractivity contribution is -0.384. The third kappa shape index (κ3) is 5.09. The van der Waals surface area contributed by atoms with Crippen molar-refractivity contribution in [3.63, 3.8) is 0 Å². The molecule has 21 heavy (non-hydrogen) atoms. The highest BCUT2D eigenvalue weighted by molar-refractivity contribution is 5.96. The van der Waals surface area contributed by atoms with Gasteiger partial charge in [0.1, 0.15) is 0 Å². The molecule has 3 N–H and O–H groups in total. The predicted molar refractivity (Wildman–Crippen MR) is 75.6 cm³/mol. The maximum absolute atomic E-state index is 11.8. The lowest BCUT2D eigenvalue weighted by Crippen LogP contribution is -2.31. The summed E-state index contributed by atoms with van der Waals surface area (Å²) in [6.07, 6.45) is 0. The highest BCUT2D eigenvalue weighted by Crippen LogP contribution is 2.20. The first-order valence-electron chi connectivity index (χ1n) is 6.29. The molecule has 8 heteroatoms. The Kier molecular flexibility index (Phi) is 5.65. The molecular weight excluding hydrogens is 278 g/mol. The number of hydrogen-bond donors (Lipinski definition) is 2. The Bertz CT molecular complexity index is 557. The minimum absolute atomic E-state index is 0.0492. The van der Waals surface area contributed by atoms with Crippen LogP contribution >= 0.6 is 0 Å². The second kappa shape index (κ2) is 7.22. The summed E-state index contributed by atoms with van der Waals surface area (Å²) in [5.74, 6) is -1.05. The number of ether oxygens (including phenoxy) is 1. The van der Waals surface area contributed by atoms with Crippen LogP contribution in [0.4, 0.5) is 11.4 Å². The molecule has 0 fully saturated rings. The van der Waals surface area contributed by atoms with Gasteiger partial charge in [0, 0.05) is 24.4 Å². The summed E-state index contributed by atoms with van der Waals surface area (Å²) in [7, 11) is 0. The normalized spacial score (nSPS) is 10.2. The molecule has 0 atom stereocenters. The molecule has 1 aromatic rings. The summed E-state index contributed by atoms with van der Waals surface area (Å²) in [5.41, 5.74) is 5.21. The summed E-state index contributed by atoms with van der Waals surface area (Å²) in [6, 6.07) is 3.44. The second-order valence-electron chi connectivity index (χ2n) is 4.80. The van der Waals surface area contributed by atoms with Crippen LogP contribution in [-0.2, 0) is 9.53 Å². The summed E-state index contributed by atoms with van der Waals surface area (Å²) in [5, 5.41) is 13.2. The molecule has 0 radical (unpaired) electrons. The number of anilines is 1. The molecule has 0 saturated carbocycles. The van der Waals surface area contributed by atoms with E-state index in [0.29, 0.717) is 6.54 Å². The molecule has 0 unspecified atom stereocenters. The van der Waals surface area contributed by atoms with Crippen LogP contribution in [0.15, 0.2) is 18.2 Å². The maximum Gasteiger partial charge on any atom is 0.341 e. The molecule has 0 aliphatic rings. The number of nitro groups is 1. The Labute approximate surface area is 121 Å². The molecule has 1 amide bonds. The zero-order chi connectivity index (χ0) is 16.0. The topological polar surface area (TPSA) is 125 Å². The van der Waals surface area contributed by atoms with Gasteiger partial charge in [-0.25, -0.2) is 4.79 Å². The molecule has 8 nitrogen and oxygen atoms in total. The van der Waals surface area contributed by atoms with Crippen molar-refractivity contribution in [1.82, 2.24) is 5.32 Å². The van der Waals surface area contributed by atoms with Crippen molar-refractivity contribution in [2.24, 2.45) is 5.92 Å². The second-order valence-corrected chi connectivity index (χ2v) is 4.80. The van der Waals surface area contributed by atoms with Crippen LogP contribution in [0.2, 0.25) is 0 Å². The van der Waals surface area contributed by atoms with Gasteiger partial charge in [-0.1, -0.05) is 13.8 Å². The fourth-order valence-electron chi connectivity index (χ4n) is 1.41. The minimum Gasteiger partial charge on any atom is -0.452 e. The van der Waals surface area contributed by atoms with E-state index in [-0.39, 0.29) is 22.9 Å². The monoisotopic (exact) mass is 295 g/mol. The molecule has 0 bridgehead atoms. The number of nitrogen functional groups attached to an aromatic ring is 1. The van der Waals surface area contributed by atoms with Gasteiger partial charge in [-0.15, -0.1) is 0 Å². The first-order chi connectivity index (χ1) is 9.81. The van der Waals surface area contributed by atoms with Gasteiger partial charge < -0.3 is 15.8 Å². The summed E-state index contributed by atoms with van der Waals surface area (Å²) >= 11 is 0. The van der Waals surface area contributed by atoms with Crippen LogP contribution in [0, 0.1) is 16.0 Å². The van der Waals surface area contributed by atoms with Crippen molar-refractivity contribution in [3.8, 4) is 0 Å². The van der Waals surface area contributed by atoms with Gasteiger partial charge in [-0.2, -0.15) is 0 Å². The quantitative estimate of drug-likeness (QED) is 0.350. The van der Waals surface area contributed by atoms with Crippen molar-refractivity contribution < 1.29 is 19.2 Å². The van der Waals surface area contributed by atoms with Crippen molar-refractivity contribution in [2.45, 2.75) is 13.8 Å². The fourth-order valence-corrected chi connectivity index (χ4v) is 1.41. The molecule has 0 aliphatic carbocycles. The maximum atomic E-state index is 11.8. The van der Waals surface area contributed by atoms with E-state index < -0.39 is 23.4 Å². The van der Waals surface area contributed by atoms with E-state index in [9.17, 15) is 19.7 Å². The van der Waals surface area contributed by atoms with Crippen molar-refractivity contribution in [2.75, 3.05) is 18.9 Å². The molecule has 0 aromatic heterocycles. The average molecular weight is 295 g/mol.